The Kier molecular flexibility index (Phi) is 59.6. The maximum Gasteiger partial charge on any atom is 0.220 e. The van der Waals surface area contributed by atoms with Crippen LogP contribution in [0, 0.1) is 0 Å². The zero-order chi connectivity index (χ0) is 61.4. The van der Waals surface area contributed by atoms with Crippen LogP contribution in [0.1, 0.15) is 296 Å². The highest BCUT2D eigenvalue weighted by Crippen LogP contribution is 2.23. The average Bonchev–Trinajstić information content (AvgIpc) is 3.68. The molecule has 85 heavy (non-hydrogen) atoms. The Morgan fingerprint density at radius 3 is 1.08 bits per heavy atom. The second-order valence-corrected chi connectivity index (χ2v) is 23.9. The van der Waals surface area contributed by atoms with Crippen LogP contribution in [0.5, 0.6) is 0 Å². The second kappa shape index (κ2) is 63.6. The molecule has 0 radical (unpaired) electrons. The van der Waals surface area contributed by atoms with Crippen LogP contribution in [0.4, 0.5) is 0 Å². The van der Waals surface area contributed by atoms with Gasteiger partial charge >= 0.3 is 0 Å². The molecule has 0 bridgehead atoms. The van der Waals surface area contributed by atoms with Gasteiger partial charge in [-0.25, -0.2) is 0 Å². The molecule has 0 spiro atoms. The first-order valence-electron chi connectivity index (χ1n) is 35.2. The minimum absolute atomic E-state index is 0.144. The summed E-state index contributed by atoms with van der Waals surface area (Å²) in [4.78, 5) is 13.1. The van der Waals surface area contributed by atoms with Crippen LogP contribution in [0.15, 0.2) is 122 Å². The number of aliphatic hydroxyl groups excluding tert-OH is 5. The van der Waals surface area contributed by atoms with E-state index in [1.807, 2.05) is 0 Å². The summed E-state index contributed by atoms with van der Waals surface area (Å²) in [6.07, 6.45) is 88.2. The van der Waals surface area contributed by atoms with E-state index in [0.717, 1.165) is 109 Å². The topological polar surface area (TPSA) is 149 Å². The molecule has 7 unspecified atom stereocenters. The number of unbranched alkanes of at least 4 members (excludes halogenated alkanes) is 30. The SMILES string of the molecule is CC/C=C\C/C=C\C/C=C\C/C=C\C/C=C\C/C=C\C/C=C\C/C=C\C/C=C\C/C=C\CCCCCCCCCCCCC(=O)NC(COC1OC(CO)C(O)C(O)C1O)C(O)CCCCCCCCCCCCCCCCCCCCCCC. The van der Waals surface area contributed by atoms with Gasteiger partial charge in [-0.3, -0.25) is 4.79 Å². The maximum absolute atomic E-state index is 13.1. The van der Waals surface area contributed by atoms with Crippen molar-refractivity contribution in [3.63, 3.8) is 0 Å². The van der Waals surface area contributed by atoms with E-state index in [1.54, 1.807) is 0 Å². The Morgan fingerprint density at radius 1 is 0.412 bits per heavy atom. The van der Waals surface area contributed by atoms with E-state index in [-0.39, 0.29) is 12.5 Å². The highest BCUT2D eigenvalue weighted by Gasteiger charge is 2.44. The molecule has 1 aliphatic heterocycles. The third-order valence-corrected chi connectivity index (χ3v) is 16.1. The van der Waals surface area contributed by atoms with Crippen LogP contribution in [0.25, 0.3) is 0 Å². The number of allylic oxidation sites excluding steroid dienone is 20. The van der Waals surface area contributed by atoms with Gasteiger partial charge in [-0.05, 0) is 89.9 Å². The molecule has 6 N–H and O–H groups in total. The summed E-state index contributed by atoms with van der Waals surface area (Å²) in [6.45, 7) is 3.74. The molecule has 1 amide bonds. The lowest BCUT2D eigenvalue weighted by Gasteiger charge is -2.40. The molecule has 0 aliphatic carbocycles. The van der Waals surface area contributed by atoms with E-state index in [0.29, 0.717) is 12.8 Å². The molecule has 488 valence electrons. The lowest BCUT2D eigenvalue weighted by molar-refractivity contribution is -0.302. The van der Waals surface area contributed by atoms with Crippen LogP contribution in [0.3, 0.4) is 0 Å². The Morgan fingerprint density at radius 2 is 0.729 bits per heavy atom. The largest absolute Gasteiger partial charge is 0.394 e. The molecule has 1 saturated heterocycles. The number of hydrogen-bond donors (Lipinski definition) is 6. The van der Waals surface area contributed by atoms with Crippen molar-refractivity contribution in [2.75, 3.05) is 13.2 Å². The number of carbonyl (C=O) groups is 1. The van der Waals surface area contributed by atoms with Crippen LogP contribution in [-0.4, -0.2) is 87.5 Å². The summed E-state index contributed by atoms with van der Waals surface area (Å²) in [6, 6.07) is -0.730. The molecule has 7 atom stereocenters. The lowest BCUT2D eigenvalue weighted by atomic mass is 9.99. The fourth-order valence-corrected chi connectivity index (χ4v) is 10.6. The highest BCUT2D eigenvalue weighted by atomic mass is 16.7. The zero-order valence-corrected chi connectivity index (χ0v) is 54.6. The van der Waals surface area contributed by atoms with Gasteiger partial charge in [0.1, 0.15) is 24.4 Å². The Hall–Kier alpha value is -3.41. The lowest BCUT2D eigenvalue weighted by Crippen LogP contribution is -2.60. The van der Waals surface area contributed by atoms with Gasteiger partial charge < -0.3 is 40.3 Å². The van der Waals surface area contributed by atoms with Gasteiger partial charge in [0.15, 0.2) is 6.29 Å². The summed E-state index contributed by atoms with van der Waals surface area (Å²) in [7, 11) is 0. The molecule has 0 saturated carbocycles. The zero-order valence-electron chi connectivity index (χ0n) is 54.6. The van der Waals surface area contributed by atoms with E-state index < -0.39 is 49.5 Å². The van der Waals surface area contributed by atoms with E-state index >= 15 is 0 Å². The molecule has 9 heteroatoms. The molecule has 1 rings (SSSR count). The number of hydrogen-bond acceptors (Lipinski definition) is 8. The minimum Gasteiger partial charge on any atom is -0.394 e. The van der Waals surface area contributed by atoms with Crippen molar-refractivity contribution in [2.24, 2.45) is 0 Å². The molecule has 0 aromatic rings. The van der Waals surface area contributed by atoms with Crippen LogP contribution >= 0.6 is 0 Å². The standard InChI is InChI=1S/C76H131NO8/c1-3-5-7-9-11-13-15-17-19-21-23-25-26-27-28-29-30-31-32-33-34-35-36-37-38-39-40-41-42-43-44-46-48-50-52-54-56-58-60-62-64-66-72(80)77-69(68-84-76-75(83)74(82)73(81)71(67-78)85-76)70(79)65-63-61-59-57-55-53-51-49-47-45-24-22-20-18-16-14-12-10-8-6-4-2/h5,7,11,13,17,19,23,25,27-28,30-31,33-34,36-37,39-40,42-43,69-71,73-76,78-79,81-83H,3-4,6,8-10,12,14-16,18,20-22,24,26,29,32,35,38,41,44-68H2,1-2H3,(H,77,80)/b7-5-,13-11-,19-17-,25-23-,28-27-,31-30-,34-33-,37-36-,40-39-,43-42-. The normalized spacial score (nSPS) is 18.9. The van der Waals surface area contributed by atoms with Crippen molar-refractivity contribution in [3.05, 3.63) is 122 Å². The molecular formula is C76H131NO8. The van der Waals surface area contributed by atoms with Crippen molar-refractivity contribution in [1.82, 2.24) is 5.32 Å². The van der Waals surface area contributed by atoms with Crippen LogP contribution < -0.4 is 5.32 Å². The number of rotatable bonds is 60. The van der Waals surface area contributed by atoms with E-state index in [4.69, 9.17) is 9.47 Å². The Balaban J connectivity index is 2.13. The smallest absolute Gasteiger partial charge is 0.220 e. The van der Waals surface area contributed by atoms with Gasteiger partial charge in [0.05, 0.1) is 25.4 Å². The predicted molar refractivity (Wildman–Crippen MR) is 364 cm³/mol. The number of amides is 1. The molecular weight excluding hydrogens is 1050 g/mol. The molecule has 1 aliphatic rings. The summed E-state index contributed by atoms with van der Waals surface area (Å²) in [5.41, 5.74) is 0. The minimum atomic E-state index is -1.56. The van der Waals surface area contributed by atoms with Crippen molar-refractivity contribution in [3.8, 4) is 0 Å². The number of nitrogens with one attached hydrogen (secondary N) is 1. The summed E-state index contributed by atoms with van der Waals surface area (Å²) in [5.74, 6) is -0.150. The second-order valence-electron chi connectivity index (χ2n) is 23.9. The quantitative estimate of drug-likeness (QED) is 0.0261. The van der Waals surface area contributed by atoms with E-state index in [2.05, 4.69) is 141 Å². The van der Waals surface area contributed by atoms with Gasteiger partial charge in [0, 0.05) is 6.42 Å². The van der Waals surface area contributed by atoms with Gasteiger partial charge in [0.2, 0.25) is 5.91 Å². The Labute approximate surface area is 522 Å². The Bertz CT molecular complexity index is 1760. The predicted octanol–water partition coefficient (Wildman–Crippen LogP) is 19.4. The van der Waals surface area contributed by atoms with Crippen molar-refractivity contribution < 1.29 is 39.8 Å². The number of ether oxygens (including phenoxy) is 2. The first kappa shape index (κ1) is 79.6. The van der Waals surface area contributed by atoms with Crippen LogP contribution in [0.2, 0.25) is 0 Å². The monoisotopic (exact) mass is 1190 g/mol. The van der Waals surface area contributed by atoms with Gasteiger partial charge in [0.25, 0.3) is 0 Å². The average molecular weight is 1190 g/mol. The first-order valence-corrected chi connectivity index (χ1v) is 35.2. The number of carbonyl (C=O) groups excluding carboxylic acids is 1. The molecule has 0 aromatic heterocycles. The fraction of sp³-hybridized carbons (Fsp3) is 0.724. The first-order chi connectivity index (χ1) is 41.8. The van der Waals surface area contributed by atoms with E-state index in [9.17, 15) is 30.3 Å². The van der Waals surface area contributed by atoms with E-state index in [1.165, 1.54) is 161 Å². The molecule has 1 fully saturated rings. The van der Waals surface area contributed by atoms with Crippen molar-refractivity contribution in [2.45, 2.75) is 339 Å². The molecule has 9 nitrogen and oxygen atoms in total. The van der Waals surface area contributed by atoms with Crippen molar-refractivity contribution >= 4 is 5.91 Å². The fourth-order valence-electron chi connectivity index (χ4n) is 10.6. The van der Waals surface area contributed by atoms with Gasteiger partial charge in [-0.15, -0.1) is 0 Å². The summed E-state index contributed by atoms with van der Waals surface area (Å²) < 4.78 is 11.4. The summed E-state index contributed by atoms with van der Waals surface area (Å²) in [5, 5.41) is 54.9. The number of aliphatic hydroxyl groups is 5. The maximum atomic E-state index is 13.1. The highest BCUT2D eigenvalue weighted by molar-refractivity contribution is 5.76. The third-order valence-electron chi connectivity index (χ3n) is 16.1. The van der Waals surface area contributed by atoms with Gasteiger partial charge in [-0.2, -0.15) is 0 Å². The third kappa shape index (κ3) is 52.3. The molecule has 1 heterocycles. The molecule has 0 aromatic carbocycles. The van der Waals surface area contributed by atoms with Crippen molar-refractivity contribution in [1.29, 1.82) is 0 Å². The van der Waals surface area contributed by atoms with Gasteiger partial charge in [-0.1, -0.05) is 322 Å². The summed E-state index contributed by atoms with van der Waals surface area (Å²) >= 11 is 0. The van der Waals surface area contributed by atoms with Crippen LogP contribution in [-0.2, 0) is 14.3 Å².